The number of sulfone groups is 1. The Balaban J connectivity index is 1.94. The molecule has 1 aliphatic rings. The Morgan fingerprint density at radius 2 is 1.93 bits per heavy atom. The van der Waals surface area contributed by atoms with E-state index >= 15 is 0 Å². The van der Waals surface area contributed by atoms with Gasteiger partial charge in [0.15, 0.2) is 15.6 Å². The molecule has 2 N–H and O–H groups in total. The van der Waals surface area contributed by atoms with Crippen LogP contribution >= 0.6 is 0 Å². The lowest BCUT2D eigenvalue weighted by atomic mass is 10.1. The number of rotatable bonds is 8. The highest BCUT2D eigenvalue weighted by Crippen LogP contribution is 2.19. The molecule has 0 aromatic carbocycles. The van der Waals surface area contributed by atoms with Crippen molar-refractivity contribution >= 4 is 27.5 Å². The second-order valence-corrected chi connectivity index (χ2v) is 9.34. The summed E-state index contributed by atoms with van der Waals surface area (Å²) in [7, 11) is -1.44. The number of hydrogen-bond donors (Lipinski definition) is 2. The number of nitrogens with one attached hydrogen (secondary N) is 2. The number of aromatic amines is 1. The molecule has 0 spiro atoms. The molecule has 1 fully saturated rings. The molecule has 9 nitrogen and oxygen atoms in total. The third-order valence-electron chi connectivity index (χ3n) is 4.62. The van der Waals surface area contributed by atoms with E-state index in [-0.39, 0.29) is 48.9 Å². The van der Waals surface area contributed by atoms with E-state index in [4.69, 9.17) is 4.74 Å². The summed E-state index contributed by atoms with van der Waals surface area (Å²) in [5, 5.41) is 2.69. The second-order valence-electron chi connectivity index (χ2n) is 7.11. The molecule has 0 aliphatic carbocycles. The predicted molar refractivity (Wildman–Crippen MR) is 103 cm³/mol. The van der Waals surface area contributed by atoms with Crippen molar-refractivity contribution in [1.82, 2.24) is 15.2 Å². The molecular weight excluding hydrogens is 386 g/mol. The highest BCUT2D eigenvalue weighted by molar-refractivity contribution is 7.91. The van der Waals surface area contributed by atoms with Crippen LogP contribution in [0.3, 0.4) is 0 Å². The van der Waals surface area contributed by atoms with Gasteiger partial charge < -0.3 is 15.0 Å². The normalized spacial score (nSPS) is 18.2. The van der Waals surface area contributed by atoms with Crippen LogP contribution in [0.15, 0.2) is 0 Å². The maximum Gasteiger partial charge on any atom is 0.340 e. The minimum atomic E-state index is -3.07. The van der Waals surface area contributed by atoms with Gasteiger partial charge in [0.25, 0.3) is 0 Å². The fourth-order valence-corrected chi connectivity index (χ4v) is 5.02. The van der Waals surface area contributed by atoms with Crippen LogP contribution in [0.1, 0.15) is 45.4 Å². The number of carbonyl (C=O) groups excluding carboxylic acids is 3. The third kappa shape index (κ3) is 5.41. The summed E-state index contributed by atoms with van der Waals surface area (Å²) >= 11 is 0. The van der Waals surface area contributed by atoms with Crippen molar-refractivity contribution in [3.05, 3.63) is 22.5 Å². The Labute approximate surface area is 164 Å². The van der Waals surface area contributed by atoms with Crippen LogP contribution in [0.25, 0.3) is 0 Å². The Hall–Kier alpha value is -2.20. The first kappa shape index (κ1) is 22.1. The zero-order valence-corrected chi connectivity index (χ0v) is 17.4. The number of esters is 1. The van der Waals surface area contributed by atoms with Crippen molar-refractivity contribution in [2.24, 2.45) is 0 Å². The molecule has 1 saturated heterocycles. The number of aromatic nitrogens is 1. The molecule has 0 saturated carbocycles. The average Bonchev–Trinajstić information content (AvgIpc) is 3.05. The van der Waals surface area contributed by atoms with Crippen molar-refractivity contribution in [2.45, 2.75) is 33.2 Å². The van der Waals surface area contributed by atoms with Gasteiger partial charge in [-0.2, -0.15) is 0 Å². The van der Waals surface area contributed by atoms with Gasteiger partial charge in [-0.3, -0.25) is 14.5 Å². The lowest BCUT2D eigenvalue weighted by Gasteiger charge is -2.17. The number of carbonyl (C=O) groups is 3. The highest BCUT2D eigenvalue weighted by atomic mass is 32.2. The fourth-order valence-electron chi connectivity index (χ4n) is 3.35. The Morgan fingerprint density at radius 3 is 2.50 bits per heavy atom. The molecule has 2 heterocycles. The number of ketones is 1. The predicted octanol–water partition coefficient (Wildman–Crippen LogP) is 0.226. The van der Waals surface area contributed by atoms with E-state index < -0.39 is 15.8 Å². The fraction of sp³-hybridized carbons (Fsp3) is 0.611. The second kappa shape index (κ2) is 8.87. The zero-order valence-electron chi connectivity index (χ0n) is 16.6. The maximum absolute atomic E-state index is 12.6. The molecule has 28 heavy (non-hydrogen) atoms. The summed E-state index contributed by atoms with van der Waals surface area (Å²) in [6.45, 7) is 5.26. The molecule has 2 rings (SSSR count). The number of Topliss-reactive ketones (excluding diaryl/α,β-unsaturated/α-hetero) is 1. The zero-order chi connectivity index (χ0) is 21.1. The first-order valence-electron chi connectivity index (χ1n) is 9.11. The molecule has 1 aromatic rings. The van der Waals surface area contributed by atoms with E-state index in [1.165, 1.54) is 0 Å². The Bertz CT molecular complexity index is 874. The minimum Gasteiger partial charge on any atom is -0.462 e. The lowest BCUT2D eigenvalue weighted by molar-refractivity contribution is -0.122. The summed E-state index contributed by atoms with van der Waals surface area (Å²) in [5.74, 6) is -1.02. The van der Waals surface area contributed by atoms with E-state index in [0.29, 0.717) is 28.9 Å². The monoisotopic (exact) mass is 413 g/mol. The van der Waals surface area contributed by atoms with Gasteiger partial charge in [0.2, 0.25) is 5.91 Å². The molecule has 0 radical (unpaired) electrons. The van der Waals surface area contributed by atoms with Crippen molar-refractivity contribution in [2.75, 3.05) is 38.2 Å². The Morgan fingerprint density at radius 1 is 1.25 bits per heavy atom. The Kier molecular flexibility index (Phi) is 7.00. The molecule has 1 atom stereocenters. The van der Waals surface area contributed by atoms with Gasteiger partial charge in [-0.25, -0.2) is 13.2 Å². The van der Waals surface area contributed by atoms with E-state index in [9.17, 15) is 22.8 Å². The quantitative estimate of drug-likeness (QED) is 0.461. The summed E-state index contributed by atoms with van der Waals surface area (Å²) in [5.41, 5.74) is 1.75. The number of ether oxygens (including phenoxy) is 1. The molecular formula is C18H27N3O6S. The van der Waals surface area contributed by atoms with Gasteiger partial charge in [0.05, 0.1) is 42.5 Å². The largest absolute Gasteiger partial charge is 0.462 e. The standard InChI is InChI=1S/C18H27N3O6S/c1-5-27-18(24)16-11(2)17(19-12(16)3)14(22)8-21(4)9-15(23)20-13-6-7-28(25,26)10-13/h13,19H,5-10H2,1-4H3,(H,20,23). The maximum atomic E-state index is 12.6. The van der Waals surface area contributed by atoms with Crippen molar-refractivity contribution in [3.8, 4) is 0 Å². The number of amides is 1. The van der Waals surface area contributed by atoms with E-state index in [1.54, 1.807) is 32.7 Å². The van der Waals surface area contributed by atoms with Gasteiger partial charge in [-0.1, -0.05) is 0 Å². The van der Waals surface area contributed by atoms with Gasteiger partial charge in [0, 0.05) is 11.7 Å². The molecule has 1 aliphatic heterocycles. The van der Waals surface area contributed by atoms with Gasteiger partial charge >= 0.3 is 5.97 Å². The summed E-state index contributed by atoms with van der Waals surface area (Å²) in [6, 6.07) is -0.373. The number of hydrogen-bond acceptors (Lipinski definition) is 7. The first-order chi connectivity index (χ1) is 13.0. The number of nitrogens with zero attached hydrogens (tertiary/aromatic N) is 1. The van der Waals surface area contributed by atoms with Crippen LogP contribution in [0.2, 0.25) is 0 Å². The van der Waals surface area contributed by atoms with Gasteiger partial charge in [-0.15, -0.1) is 0 Å². The van der Waals surface area contributed by atoms with E-state index in [2.05, 4.69) is 10.3 Å². The minimum absolute atomic E-state index is 0.0283. The molecule has 1 amide bonds. The molecule has 156 valence electrons. The van der Waals surface area contributed by atoms with Crippen molar-refractivity contribution in [1.29, 1.82) is 0 Å². The molecule has 10 heteroatoms. The topological polar surface area (TPSA) is 126 Å². The summed E-state index contributed by atoms with van der Waals surface area (Å²) in [4.78, 5) is 41.2. The molecule has 1 aromatic heterocycles. The molecule has 1 unspecified atom stereocenters. The molecule has 0 bridgehead atoms. The van der Waals surface area contributed by atoms with Crippen molar-refractivity contribution in [3.63, 3.8) is 0 Å². The first-order valence-corrected chi connectivity index (χ1v) is 10.9. The highest BCUT2D eigenvalue weighted by Gasteiger charge is 2.29. The lowest BCUT2D eigenvalue weighted by Crippen LogP contribution is -2.42. The SMILES string of the molecule is CCOC(=O)c1c(C)[nH]c(C(=O)CN(C)CC(=O)NC2CCS(=O)(=O)C2)c1C. The van der Waals surface area contributed by atoms with Crippen LogP contribution in [0, 0.1) is 13.8 Å². The van der Waals surface area contributed by atoms with Crippen molar-refractivity contribution < 1.29 is 27.5 Å². The summed E-state index contributed by atoms with van der Waals surface area (Å²) in [6.07, 6.45) is 0.411. The number of aryl methyl sites for hydroxylation is 1. The van der Waals surface area contributed by atoms with E-state index in [0.717, 1.165) is 0 Å². The van der Waals surface area contributed by atoms with Crippen LogP contribution in [0.5, 0.6) is 0 Å². The van der Waals surface area contributed by atoms with Crippen LogP contribution in [-0.2, 0) is 19.4 Å². The van der Waals surface area contributed by atoms with Crippen LogP contribution in [-0.4, -0.2) is 80.3 Å². The van der Waals surface area contributed by atoms with Crippen LogP contribution < -0.4 is 5.32 Å². The van der Waals surface area contributed by atoms with E-state index in [1.807, 2.05) is 0 Å². The smallest absolute Gasteiger partial charge is 0.340 e. The summed E-state index contributed by atoms with van der Waals surface area (Å²) < 4.78 is 27.9. The average molecular weight is 413 g/mol. The third-order valence-corrected chi connectivity index (χ3v) is 6.39. The van der Waals surface area contributed by atoms with Gasteiger partial charge in [-0.05, 0) is 39.8 Å². The number of likely N-dealkylation sites (N-methyl/N-ethyl adjacent to an activating group) is 1. The van der Waals surface area contributed by atoms with Crippen LogP contribution in [0.4, 0.5) is 0 Å². The number of H-pyrrole nitrogens is 1. The van der Waals surface area contributed by atoms with Gasteiger partial charge in [0.1, 0.15) is 0 Å².